The molecule has 0 fully saturated rings. The Bertz CT molecular complexity index is 302. The highest BCUT2D eigenvalue weighted by molar-refractivity contribution is 8.00. The second kappa shape index (κ2) is 8.89. The Hall–Kier alpha value is -0.130. The fourth-order valence-corrected chi connectivity index (χ4v) is 3.21. The lowest BCUT2D eigenvalue weighted by atomic mass is 10.2. The maximum Gasteiger partial charge on any atom is 0.170 e. The summed E-state index contributed by atoms with van der Waals surface area (Å²) in [6.45, 7) is 7.69. The van der Waals surface area contributed by atoms with Crippen LogP contribution in [0.4, 0.5) is 0 Å². The van der Waals surface area contributed by atoms with Gasteiger partial charge in [-0.3, -0.25) is 0 Å². The van der Waals surface area contributed by atoms with E-state index in [4.69, 9.17) is 0 Å². The molecule has 1 unspecified atom stereocenters. The number of aromatic nitrogens is 2. The van der Waals surface area contributed by atoms with Crippen molar-refractivity contribution in [3.05, 3.63) is 5.82 Å². The molecular weight excluding hydrogens is 250 g/mol. The van der Waals surface area contributed by atoms with Crippen LogP contribution in [0.3, 0.4) is 0 Å². The number of rotatable bonds is 9. The molecule has 3 nitrogen and oxygen atoms in total. The molecule has 0 bridgehead atoms. The van der Waals surface area contributed by atoms with Crippen LogP contribution in [0.5, 0.6) is 0 Å². The van der Waals surface area contributed by atoms with Crippen molar-refractivity contribution in [1.29, 1.82) is 0 Å². The van der Waals surface area contributed by atoms with Crippen LogP contribution >= 0.6 is 23.3 Å². The first-order valence-electron chi connectivity index (χ1n) is 6.45. The van der Waals surface area contributed by atoms with Gasteiger partial charge in [0.05, 0.1) is 0 Å². The molecule has 1 aromatic heterocycles. The van der Waals surface area contributed by atoms with Crippen molar-refractivity contribution >= 4 is 23.3 Å². The smallest absolute Gasteiger partial charge is 0.170 e. The molecule has 5 heteroatoms. The largest absolute Gasteiger partial charge is 0.314 e. The zero-order valence-corrected chi connectivity index (χ0v) is 12.7. The van der Waals surface area contributed by atoms with E-state index in [0.29, 0.717) is 6.04 Å². The molecule has 1 rings (SSSR count). The molecule has 0 saturated carbocycles. The topological polar surface area (TPSA) is 37.8 Å². The van der Waals surface area contributed by atoms with Gasteiger partial charge < -0.3 is 5.32 Å². The second-order valence-electron chi connectivity index (χ2n) is 4.18. The molecule has 1 aromatic rings. The lowest BCUT2D eigenvalue weighted by molar-refractivity contribution is 0.510. The summed E-state index contributed by atoms with van der Waals surface area (Å²) in [5, 5.41) is 3.51. The monoisotopic (exact) mass is 273 g/mol. The fraction of sp³-hybridized carbons (Fsp3) is 0.833. The SMILES string of the molecule is CCCNC(C)CCCSc1nc(CC)ns1. The van der Waals surface area contributed by atoms with Crippen molar-refractivity contribution in [2.24, 2.45) is 0 Å². The summed E-state index contributed by atoms with van der Waals surface area (Å²) in [5.41, 5.74) is 0. The van der Waals surface area contributed by atoms with Gasteiger partial charge in [0.25, 0.3) is 0 Å². The normalized spacial score (nSPS) is 12.9. The molecule has 0 spiro atoms. The number of hydrogen-bond acceptors (Lipinski definition) is 5. The summed E-state index contributed by atoms with van der Waals surface area (Å²) in [5.74, 6) is 2.13. The van der Waals surface area contributed by atoms with Crippen LogP contribution in [0.25, 0.3) is 0 Å². The Morgan fingerprint density at radius 1 is 1.41 bits per heavy atom. The zero-order valence-electron chi connectivity index (χ0n) is 11.0. The predicted molar refractivity (Wildman–Crippen MR) is 77.0 cm³/mol. The Kier molecular flexibility index (Phi) is 7.81. The zero-order chi connectivity index (χ0) is 12.5. The third kappa shape index (κ3) is 6.38. The number of nitrogens with zero attached hydrogens (tertiary/aromatic N) is 2. The standard InChI is InChI=1S/C12H23N3S2/c1-4-8-13-10(3)7-6-9-16-12-14-11(5-2)15-17-12/h10,13H,4-9H2,1-3H3. The number of nitrogens with one attached hydrogen (secondary N) is 1. The van der Waals surface area contributed by atoms with Gasteiger partial charge in [-0.2, -0.15) is 4.37 Å². The molecule has 1 heterocycles. The molecule has 17 heavy (non-hydrogen) atoms. The molecule has 0 amide bonds. The fourth-order valence-electron chi connectivity index (χ4n) is 1.48. The van der Waals surface area contributed by atoms with Gasteiger partial charge in [0, 0.05) is 18.2 Å². The Morgan fingerprint density at radius 2 is 2.24 bits per heavy atom. The number of hydrogen-bond donors (Lipinski definition) is 1. The van der Waals surface area contributed by atoms with Crippen molar-refractivity contribution in [2.75, 3.05) is 12.3 Å². The average Bonchev–Trinajstić information content (AvgIpc) is 2.80. The minimum atomic E-state index is 0.635. The number of aryl methyl sites for hydroxylation is 1. The maximum absolute atomic E-state index is 4.45. The molecule has 98 valence electrons. The van der Waals surface area contributed by atoms with Crippen LogP contribution in [-0.2, 0) is 6.42 Å². The van der Waals surface area contributed by atoms with E-state index in [1.807, 2.05) is 11.8 Å². The Balaban J connectivity index is 2.07. The molecule has 1 atom stereocenters. The van der Waals surface area contributed by atoms with Crippen LogP contribution in [0.2, 0.25) is 0 Å². The van der Waals surface area contributed by atoms with Crippen LogP contribution in [0.15, 0.2) is 4.34 Å². The lowest BCUT2D eigenvalue weighted by Crippen LogP contribution is -2.26. The van der Waals surface area contributed by atoms with E-state index in [0.717, 1.165) is 28.9 Å². The van der Waals surface area contributed by atoms with Crippen molar-refractivity contribution in [2.45, 2.75) is 56.8 Å². The quantitative estimate of drug-likeness (QED) is 0.553. The highest BCUT2D eigenvalue weighted by atomic mass is 32.2. The molecule has 0 aliphatic heterocycles. The van der Waals surface area contributed by atoms with Gasteiger partial charge in [-0.1, -0.05) is 25.6 Å². The third-order valence-electron chi connectivity index (χ3n) is 2.52. The van der Waals surface area contributed by atoms with Crippen LogP contribution in [-0.4, -0.2) is 27.7 Å². The van der Waals surface area contributed by atoms with Crippen LogP contribution in [0, 0.1) is 0 Å². The van der Waals surface area contributed by atoms with E-state index in [2.05, 4.69) is 35.4 Å². The van der Waals surface area contributed by atoms with Gasteiger partial charge in [-0.05, 0) is 44.3 Å². The van der Waals surface area contributed by atoms with E-state index in [1.54, 1.807) is 0 Å². The first kappa shape index (κ1) is 14.9. The highest BCUT2D eigenvalue weighted by Gasteiger charge is 2.04. The molecule has 0 saturated heterocycles. The van der Waals surface area contributed by atoms with Gasteiger partial charge in [0.1, 0.15) is 5.82 Å². The first-order chi connectivity index (χ1) is 8.26. The van der Waals surface area contributed by atoms with Crippen molar-refractivity contribution in [3.8, 4) is 0 Å². The Labute approximate surface area is 113 Å². The van der Waals surface area contributed by atoms with Crippen LogP contribution in [0.1, 0.15) is 45.9 Å². The first-order valence-corrected chi connectivity index (χ1v) is 8.20. The minimum absolute atomic E-state index is 0.635. The van der Waals surface area contributed by atoms with Gasteiger partial charge >= 0.3 is 0 Å². The molecule has 1 N–H and O–H groups in total. The third-order valence-corrected chi connectivity index (χ3v) is 4.47. The van der Waals surface area contributed by atoms with Crippen molar-refractivity contribution < 1.29 is 0 Å². The highest BCUT2D eigenvalue weighted by Crippen LogP contribution is 2.21. The van der Waals surface area contributed by atoms with Gasteiger partial charge in [0.15, 0.2) is 4.34 Å². The number of thioether (sulfide) groups is 1. The average molecular weight is 273 g/mol. The lowest BCUT2D eigenvalue weighted by Gasteiger charge is -2.11. The predicted octanol–water partition coefficient (Wildman–Crippen LogP) is 3.36. The summed E-state index contributed by atoms with van der Waals surface area (Å²) in [6, 6.07) is 0.635. The van der Waals surface area contributed by atoms with E-state index in [1.165, 1.54) is 30.8 Å². The molecule has 0 aromatic carbocycles. The van der Waals surface area contributed by atoms with E-state index >= 15 is 0 Å². The summed E-state index contributed by atoms with van der Waals surface area (Å²) < 4.78 is 5.41. The molecule has 0 aliphatic carbocycles. The second-order valence-corrected chi connectivity index (χ2v) is 6.27. The maximum atomic E-state index is 4.45. The Morgan fingerprint density at radius 3 is 2.88 bits per heavy atom. The molecule has 0 radical (unpaired) electrons. The van der Waals surface area contributed by atoms with E-state index in [-0.39, 0.29) is 0 Å². The minimum Gasteiger partial charge on any atom is -0.314 e. The van der Waals surface area contributed by atoms with Crippen molar-refractivity contribution in [3.63, 3.8) is 0 Å². The summed E-state index contributed by atoms with van der Waals surface area (Å²) in [7, 11) is 0. The summed E-state index contributed by atoms with van der Waals surface area (Å²) in [4.78, 5) is 4.45. The van der Waals surface area contributed by atoms with Crippen LogP contribution < -0.4 is 5.32 Å². The van der Waals surface area contributed by atoms with E-state index < -0.39 is 0 Å². The van der Waals surface area contributed by atoms with E-state index in [9.17, 15) is 0 Å². The molecular formula is C12H23N3S2. The summed E-state index contributed by atoms with van der Waals surface area (Å²) in [6.07, 6.45) is 4.63. The molecule has 0 aliphatic rings. The van der Waals surface area contributed by atoms with Gasteiger partial charge in [-0.15, -0.1) is 0 Å². The summed E-state index contributed by atoms with van der Waals surface area (Å²) >= 11 is 3.37. The van der Waals surface area contributed by atoms with Crippen molar-refractivity contribution in [1.82, 2.24) is 14.7 Å². The van der Waals surface area contributed by atoms with Gasteiger partial charge in [0.2, 0.25) is 0 Å². The van der Waals surface area contributed by atoms with Gasteiger partial charge in [-0.25, -0.2) is 4.98 Å².